The summed E-state index contributed by atoms with van der Waals surface area (Å²) < 4.78 is 5.73. The van der Waals surface area contributed by atoms with Gasteiger partial charge in [0.25, 0.3) is 0 Å². The summed E-state index contributed by atoms with van der Waals surface area (Å²) in [5.41, 5.74) is 3.01. The Morgan fingerprint density at radius 1 is 1.10 bits per heavy atom. The molecule has 1 aromatic carbocycles. The van der Waals surface area contributed by atoms with Crippen LogP contribution < -0.4 is 10.1 Å². The molecule has 4 heteroatoms. The van der Waals surface area contributed by atoms with E-state index >= 15 is 0 Å². The number of aromatic nitrogens is 2. The largest absolute Gasteiger partial charge is 0.493 e. The van der Waals surface area contributed by atoms with Crippen LogP contribution in [0, 0.1) is 13.8 Å². The van der Waals surface area contributed by atoms with Gasteiger partial charge in [0.1, 0.15) is 17.4 Å². The van der Waals surface area contributed by atoms with Crippen LogP contribution in [-0.4, -0.2) is 23.1 Å². The van der Waals surface area contributed by atoms with E-state index in [2.05, 4.69) is 29.1 Å². The van der Waals surface area contributed by atoms with Crippen molar-refractivity contribution in [3.05, 3.63) is 35.7 Å². The highest BCUT2D eigenvalue weighted by molar-refractivity contribution is 5.73. The predicted molar refractivity (Wildman–Crippen MR) is 86.9 cm³/mol. The molecule has 0 spiro atoms. The summed E-state index contributed by atoms with van der Waals surface area (Å²) in [6.45, 7) is 9.65. The predicted octanol–water partition coefficient (Wildman–Crippen LogP) is 3.98. The second kappa shape index (κ2) is 7.07. The third-order valence-electron chi connectivity index (χ3n) is 3.24. The van der Waals surface area contributed by atoms with Gasteiger partial charge in [0.2, 0.25) is 0 Å². The van der Waals surface area contributed by atoms with Crippen molar-refractivity contribution < 1.29 is 4.74 Å². The molecule has 1 aromatic heterocycles. The molecular weight excluding hydrogens is 262 g/mol. The van der Waals surface area contributed by atoms with Gasteiger partial charge in [0.05, 0.1) is 12.3 Å². The fraction of sp³-hybridized carbons (Fsp3) is 0.412. The number of aryl methyl sites for hydroxylation is 1. The van der Waals surface area contributed by atoms with E-state index in [0.29, 0.717) is 6.61 Å². The highest BCUT2D eigenvalue weighted by atomic mass is 16.5. The lowest BCUT2D eigenvalue weighted by Gasteiger charge is -2.15. The van der Waals surface area contributed by atoms with E-state index in [1.165, 1.54) is 0 Å². The van der Waals surface area contributed by atoms with Crippen molar-refractivity contribution in [3.8, 4) is 17.0 Å². The second-order valence-corrected chi connectivity index (χ2v) is 4.95. The summed E-state index contributed by atoms with van der Waals surface area (Å²) in [6, 6.07) is 8.01. The molecule has 0 amide bonds. The molecular formula is C17H23N3O. The van der Waals surface area contributed by atoms with E-state index in [9.17, 15) is 0 Å². The SMILES string of the molecule is CCCNc1nc(C)nc(-c2ccccc2OCC)c1C. The molecule has 1 heterocycles. The third kappa shape index (κ3) is 3.51. The van der Waals surface area contributed by atoms with Crippen LogP contribution in [0.1, 0.15) is 31.7 Å². The number of hydrogen-bond acceptors (Lipinski definition) is 4. The molecule has 0 aliphatic carbocycles. The van der Waals surface area contributed by atoms with Gasteiger partial charge in [0.15, 0.2) is 0 Å². The van der Waals surface area contributed by atoms with Crippen molar-refractivity contribution in [1.29, 1.82) is 0 Å². The lowest BCUT2D eigenvalue weighted by atomic mass is 10.1. The first-order chi connectivity index (χ1) is 10.2. The van der Waals surface area contributed by atoms with E-state index in [4.69, 9.17) is 4.74 Å². The summed E-state index contributed by atoms with van der Waals surface area (Å²) in [6.07, 6.45) is 1.06. The number of benzene rings is 1. The minimum absolute atomic E-state index is 0.640. The van der Waals surface area contributed by atoms with Crippen LogP contribution in [0.2, 0.25) is 0 Å². The number of hydrogen-bond donors (Lipinski definition) is 1. The molecule has 112 valence electrons. The van der Waals surface area contributed by atoms with Gasteiger partial charge < -0.3 is 10.1 Å². The van der Waals surface area contributed by atoms with Crippen molar-refractivity contribution in [1.82, 2.24) is 9.97 Å². The molecule has 0 saturated carbocycles. The van der Waals surface area contributed by atoms with Crippen LogP contribution in [0.4, 0.5) is 5.82 Å². The molecule has 0 aliphatic heterocycles. The Bertz CT molecular complexity index is 611. The topological polar surface area (TPSA) is 47.0 Å². The zero-order chi connectivity index (χ0) is 15.2. The third-order valence-corrected chi connectivity index (χ3v) is 3.24. The monoisotopic (exact) mass is 285 g/mol. The summed E-state index contributed by atoms with van der Waals surface area (Å²) in [5.74, 6) is 2.54. The molecule has 0 aliphatic rings. The molecule has 4 nitrogen and oxygen atoms in total. The molecule has 2 rings (SSSR count). The van der Waals surface area contributed by atoms with Crippen molar-refractivity contribution in [2.45, 2.75) is 34.1 Å². The van der Waals surface area contributed by atoms with Gasteiger partial charge in [-0.05, 0) is 39.3 Å². The molecule has 0 bridgehead atoms. The molecule has 0 fully saturated rings. The van der Waals surface area contributed by atoms with E-state index in [1.54, 1.807) is 0 Å². The first-order valence-electron chi connectivity index (χ1n) is 7.48. The molecule has 1 N–H and O–H groups in total. The van der Waals surface area contributed by atoms with Gasteiger partial charge in [0, 0.05) is 17.7 Å². The van der Waals surface area contributed by atoms with Gasteiger partial charge >= 0.3 is 0 Å². The Labute approximate surface area is 126 Å². The first kappa shape index (κ1) is 15.3. The normalized spacial score (nSPS) is 10.5. The van der Waals surface area contributed by atoms with Crippen molar-refractivity contribution in [3.63, 3.8) is 0 Å². The minimum atomic E-state index is 0.640. The number of nitrogens with zero attached hydrogens (tertiary/aromatic N) is 2. The van der Waals surface area contributed by atoms with Gasteiger partial charge in [-0.3, -0.25) is 0 Å². The maximum atomic E-state index is 5.73. The standard InChI is InChI=1S/C17H23N3O/c1-5-11-18-17-12(3)16(19-13(4)20-17)14-9-7-8-10-15(14)21-6-2/h7-10H,5-6,11H2,1-4H3,(H,18,19,20). The van der Waals surface area contributed by atoms with Crippen molar-refractivity contribution >= 4 is 5.82 Å². The van der Waals surface area contributed by atoms with Crippen molar-refractivity contribution in [2.75, 3.05) is 18.5 Å². The van der Waals surface area contributed by atoms with Crippen LogP contribution in [0.5, 0.6) is 5.75 Å². The van der Waals surface area contributed by atoms with Gasteiger partial charge in [-0.25, -0.2) is 9.97 Å². The Balaban J connectivity index is 2.51. The average molecular weight is 285 g/mol. The molecule has 0 atom stereocenters. The molecule has 0 radical (unpaired) electrons. The number of para-hydroxylation sites is 1. The van der Waals surface area contributed by atoms with Crippen LogP contribution in [0.15, 0.2) is 24.3 Å². The van der Waals surface area contributed by atoms with E-state index in [-0.39, 0.29) is 0 Å². The Kier molecular flexibility index (Phi) is 5.14. The average Bonchev–Trinajstić information content (AvgIpc) is 2.49. The number of rotatable bonds is 6. The van der Waals surface area contributed by atoms with E-state index in [0.717, 1.165) is 47.2 Å². The maximum Gasteiger partial charge on any atom is 0.133 e. The zero-order valence-corrected chi connectivity index (χ0v) is 13.2. The lowest BCUT2D eigenvalue weighted by Crippen LogP contribution is -2.08. The first-order valence-corrected chi connectivity index (χ1v) is 7.48. The number of nitrogens with one attached hydrogen (secondary N) is 1. The van der Waals surface area contributed by atoms with Crippen LogP contribution in [0.25, 0.3) is 11.3 Å². The summed E-state index contributed by atoms with van der Waals surface area (Å²) in [5, 5.41) is 3.37. The van der Waals surface area contributed by atoms with Gasteiger partial charge in [-0.1, -0.05) is 19.1 Å². The smallest absolute Gasteiger partial charge is 0.133 e. The Hall–Kier alpha value is -2.10. The van der Waals surface area contributed by atoms with Crippen LogP contribution in [-0.2, 0) is 0 Å². The fourth-order valence-corrected chi connectivity index (χ4v) is 2.25. The summed E-state index contributed by atoms with van der Waals surface area (Å²) in [4.78, 5) is 9.13. The lowest BCUT2D eigenvalue weighted by molar-refractivity contribution is 0.341. The van der Waals surface area contributed by atoms with Gasteiger partial charge in [-0.2, -0.15) is 0 Å². The molecule has 0 saturated heterocycles. The summed E-state index contributed by atoms with van der Waals surface area (Å²) in [7, 11) is 0. The molecule has 0 unspecified atom stereocenters. The molecule has 2 aromatic rings. The molecule has 21 heavy (non-hydrogen) atoms. The van der Waals surface area contributed by atoms with Crippen molar-refractivity contribution in [2.24, 2.45) is 0 Å². The second-order valence-electron chi connectivity index (χ2n) is 4.95. The van der Waals surface area contributed by atoms with Crippen LogP contribution in [0.3, 0.4) is 0 Å². The zero-order valence-electron chi connectivity index (χ0n) is 13.2. The number of ether oxygens (including phenoxy) is 1. The number of anilines is 1. The van der Waals surface area contributed by atoms with Crippen LogP contribution >= 0.6 is 0 Å². The van der Waals surface area contributed by atoms with Gasteiger partial charge in [-0.15, -0.1) is 0 Å². The highest BCUT2D eigenvalue weighted by Crippen LogP contribution is 2.32. The quantitative estimate of drug-likeness (QED) is 0.872. The fourth-order valence-electron chi connectivity index (χ4n) is 2.25. The Morgan fingerprint density at radius 3 is 2.57 bits per heavy atom. The minimum Gasteiger partial charge on any atom is -0.493 e. The Morgan fingerprint density at radius 2 is 1.86 bits per heavy atom. The van der Waals surface area contributed by atoms with E-state index < -0.39 is 0 Å². The maximum absolute atomic E-state index is 5.73. The van der Waals surface area contributed by atoms with E-state index in [1.807, 2.05) is 38.1 Å². The summed E-state index contributed by atoms with van der Waals surface area (Å²) >= 11 is 0. The highest BCUT2D eigenvalue weighted by Gasteiger charge is 2.14.